The molecule has 2 rings (SSSR count). The molecular formula is C13H18N2O2. The topological polar surface area (TPSA) is 50.4 Å². The smallest absolute Gasteiger partial charge is 0.251 e. The van der Waals surface area contributed by atoms with Gasteiger partial charge in [0.2, 0.25) is 0 Å². The molecule has 2 N–H and O–H groups in total. The molecule has 4 nitrogen and oxygen atoms in total. The molecule has 0 aliphatic carbocycles. The van der Waals surface area contributed by atoms with E-state index in [9.17, 15) is 4.79 Å². The summed E-state index contributed by atoms with van der Waals surface area (Å²) in [5.74, 6) is -0.0531. The van der Waals surface area contributed by atoms with Crippen molar-refractivity contribution in [2.24, 2.45) is 0 Å². The molecule has 0 bridgehead atoms. The Hall–Kier alpha value is -1.55. The maximum absolute atomic E-state index is 11.4. The summed E-state index contributed by atoms with van der Waals surface area (Å²) < 4.78 is 5.31. The van der Waals surface area contributed by atoms with E-state index in [-0.39, 0.29) is 5.91 Å². The van der Waals surface area contributed by atoms with Crippen LogP contribution in [0.1, 0.15) is 23.2 Å². The van der Waals surface area contributed by atoms with E-state index < -0.39 is 0 Å². The van der Waals surface area contributed by atoms with Crippen molar-refractivity contribution in [2.75, 3.05) is 25.6 Å². The van der Waals surface area contributed by atoms with Crippen LogP contribution in [-0.2, 0) is 4.74 Å². The lowest BCUT2D eigenvalue weighted by Crippen LogP contribution is -2.27. The van der Waals surface area contributed by atoms with Gasteiger partial charge in [0.15, 0.2) is 0 Å². The number of carbonyl (C=O) groups is 1. The highest BCUT2D eigenvalue weighted by Crippen LogP contribution is 2.15. The summed E-state index contributed by atoms with van der Waals surface area (Å²) in [6.07, 6.45) is 2.08. The molecular weight excluding hydrogens is 216 g/mol. The van der Waals surface area contributed by atoms with Gasteiger partial charge in [-0.1, -0.05) is 0 Å². The van der Waals surface area contributed by atoms with E-state index in [4.69, 9.17) is 4.74 Å². The van der Waals surface area contributed by atoms with E-state index in [1.165, 1.54) is 0 Å². The van der Waals surface area contributed by atoms with Gasteiger partial charge in [0.25, 0.3) is 5.91 Å². The quantitative estimate of drug-likeness (QED) is 0.836. The molecule has 1 saturated heterocycles. The molecule has 0 radical (unpaired) electrons. The SMILES string of the molecule is CNC(=O)c1ccc(NC2CCOCC2)cc1. The first-order chi connectivity index (χ1) is 8.29. The maximum atomic E-state index is 11.4. The van der Waals surface area contributed by atoms with Crippen LogP contribution in [0.4, 0.5) is 5.69 Å². The Morgan fingerprint density at radius 1 is 1.24 bits per heavy atom. The minimum absolute atomic E-state index is 0.0531. The summed E-state index contributed by atoms with van der Waals surface area (Å²) in [6.45, 7) is 1.65. The fraction of sp³-hybridized carbons (Fsp3) is 0.462. The molecule has 1 aliphatic rings. The molecule has 0 spiro atoms. The zero-order valence-corrected chi connectivity index (χ0v) is 10.0. The summed E-state index contributed by atoms with van der Waals surface area (Å²) in [4.78, 5) is 11.4. The Balaban J connectivity index is 1.95. The number of hydrogen-bond donors (Lipinski definition) is 2. The molecule has 1 heterocycles. The molecule has 1 aromatic rings. The van der Waals surface area contributed by atoms with Crippen LogP contribution in [0.25, 0.3) is 0 Å². The minimum atomic E-state index is -0.0531. The lowest BCUT2D eigenvalue weighted by atomic mass is 10.1. The number of hydrogen-bond acceptors (Lipinski definition) is 3. The van der Waals surface area contributed by atoms with Gasteiger partial charge < -0.3 is 15.4 Å². The van der Waals surface area contributed by atoms with E-state index in [0.29, 0.717) is 11.6 Å². The molecule has 17 heavy (non-hydrogen) atoms. The fourth-order valence-corrected chi connectivity index (χ4v) is 1.94. The third-order valence-corrected chi connectivity index (χ3v) is 2.97. The molecule has 4 heteroatoms. The largest absolute Gasteiger partial charge is 0.382 e. The average Bonchev–Trinajstić information content (AvgIpc) is 2.40. The summed E-state index contributed by atoms with van der Waals surface area (Å²) in [5.41, 5.74) is 1.74. The van der Waals surface area contributed by atoms with Crippen molar-refractivity contribution in [3.8, 4) is 0 Å². The van der Waals surface area contributed by atoms with Gasteiger partial charge in [0.1, 0.15) is 0 Å². The normalized spacial score (nSPS) is 16.5. The molecule has 0 aromatic heterocycles. The first-order valence-electron chi connectivity index (χ1n) is 5.96. The van der Waals surface area contributed by atoms with Crippen molar-refractivity contribution in [1.82, 2.24) is 5.32 Å². The third kappa shape index (κ3) is 3.20. The monoisotopic (exact) mass is 234 g/mol. The Kier molecular flexibility index (Phi) is 3.98. The van der Waals surface area contributed by atoms with Crippen molar-refractivity contribution in [3.05, 3.63) is 29.8 Å². The third-order valence-electron chi connectivity index (χ3n) is 2.97. The van der Waals surface area contributed by atoms with Gasteiger partial charge in [-0.2, -0.15) is 0 Å². The molecule has 1 fully saturated rings. The Labute approximate surface area is 101 Å². The fourth-order valence-electron chi connectivity index (χ4n) is 1.94. The van der Waals surface area contributed by atoms with Crippen LogP contribution < -0.4 is 10.6 Å². The van der Waals surface area contributed by atoms with E-state index >= 15 is 0 Å². The second kappa shape index (κ2) is 5.68. The molecule has 0 unspecified atom stereocenters. The molecule has 92 valence electrons. The summed E-state index contributed by atoms with van der Waals surface area (Å²) in [6, 6.07) is 8.04. The van der Waals surface area contributed by atoms with Crippen molar-refractivity contribution >= 4 is 11.6 Å². The van der Waals surface area contributed by atoms with E-state index in [0.717, 1.165) is 31.7 Å². The number of rotatable bonds is 3. The van der Waals surface area contributed by atoms with Crippen LogP contribution in [0.5, 0.6) is 0 Å². The van der Waals surface area contributed by atoms with Gasteiger partial charge in [-0.05, 0) is 37.1 Å². The van der Waals surface area contributed by atoms with Crippen molar-refractivity contribution < 1.29 is 9.53 Å². The van der Waals surface area contributed by atoms with Gasteiger partial charge in [0, 0.05) is 37.6 Å². The van der Waals surface area contributed by atoms with Gasteiger partial charge in [-0.25, -0.2) is 0 Å². The Bertz CT molecular complexity index is 370. The molecule has 0 atom stereocenters. The van der Waals surface area contributed by atoms with E-state index in [2.05, 4.69) is 10.6 Å². The second-order valence-corrected chi connectivity index (χ2v) is 4.19. The Morgan fingerprint density at radius 3 is 2.47 bits per heavy atom. The highest BCUT2D eigenvalue weighted by Gasteiger charge is 2.13. The van der Waals surface area contributed by atoms with Crippen molar-refractivity contribution in [3.63, 3.8) is 0 Å². The lowest BCUT2D eigenvalue weighted by Gasteiger charge is -2.24. The molecule has 1 aromatic carbocycles. The zero-order chi connectivity index (χ0) is 12.1. The van der Waals surface area contributed by atoms with Gasteiger partial charge in [-0.3, -0.25) is 4.79 Å². The van der Waals surface area contributed by atoms with Gasteiger partial charge in [-0.15, -0.1) is 0 Å². The van der Waals surface area contributed by atoms with E-state index in [1.807, 2.05) is 24.3 Å². The number of amides is 1. The van der Waals surface area contributed by atoms with Gasteiger partial charge >= 0.3 is 0 Å². The summed E-state index contributed by atoms with van der Waals surface area (Å²) >= 11 is 0. The highest BCUT2D eigenvalue weighted by molar-refractivity contribution is 5.94. The first kappa shape index (κ1) is 11.9. The van der Waals surface area contributed by atoms with Crippen LogP contribution in [-0.4, -0.2) is 32.2 Å². The Morgan fingerprint density at radius 2 is 1.88 bits per heavy atom. The highest BCUT2D eigenvalue weighted by atomic mass is 16.5. The standard InChI is InChI=1S/C13H18N2O2/c1-14-13(16)10-2-4-11(5-3-10)15-12-6-8-17-9-7-12/h2-5,12,15H,6-9H2,1H3,(H,14,16). The number of carbonyl (C=O) groups excluding carboxylic acids is 1. The minimum Gasteiger partial charge on any atom is -0.382 e. The maximum Gasteiger partial charge on any atom is 0.251 e. The van der Waals surface area contributed by atoms with Crippen LogP contribution >= 0.6 is 0 Å². The predicted octanol–water partition coefficient (Wildman–Crippen LogP) is 1.64. The summed E-state index contributed by atoms with van der Waals surface area (Å²) in [7, 11) is 1.64. The number of benzene rings is 1. The van der Waals surface area contributed by atoms with Crippen molar-refractivity contribution in [1.29, 1.82) is 0 Å². The number of ether oxygens (including phenoxy) is 1. The molecule has 0 saturated carbocycles. The summed E-state index contributed by atoms with van der Waals surface area (Å²) in [5, 5.41) is 6.06. The second-order valence-electron chi connectivity index (χ2n) is 4.19. The lowest BCUT2D eigenvalue weighted by molar-refractivity contribution is 0.0904. The van der Waals surface area contributed by atoms with E-state index in [1.54, 1.807) is 7.05 Å². The van der Waals surface area contributed by atoms with Crippen LogP contribution in [0, 0.1) is 0 Å². The molecule has 1 aliphatic heterocycles. The van der Waals surface area contributed by atoms with Crippen molar-refractivity contribution in [2.45, 2.75) is 18.9 Å². The average molecular weight is 234 g/mol. The van der Waals surface area contributed by atoms with Crippen LogP contribution in [0.3, 0.4) is 0 Å². The first-order valence-corrected chi connectivity index (χ1v) is 5.96. The number of anilines is 1. The molecule has 1 amide bonds. The van der Waals surface area contributed by atoms with Gasteiger partial charge in [0.05, 0.1) is 0 Å². The zero-order valence-electron chi connectivity index (χ0n) is 10.0. The predicted molar refractivity (Wildman–Crippen MR) is 67.3 cm³/mol. The van der Waals surface area contributed by atoms with Crippen LogP contribution in [0.2, 0.25) is 0 Å². The number of nitrogens with one attached hydrogen (secondary N) is 2. The van der Waals surface area contributed by atoms with Crippen LogP contribution in [0.15, 0.2) is 24.3 Å².